The molecule has 0 aliphatic rings. The van der Waals surface area contributed by atoms with Crippen molar-refractivity contribution >= 4 is 22.1 Å². The summed E-state index contributed by atoms with van der Waals surface area (Å²) in [7, 11) is 0. The lowest BCUT2D eigenvalue weighted by Gasteiger charge is -2.01. The average molecular weight is 288 g/mol. The number of non-ortho nitro benzene ring substituents is 1. The number of benzene rings is 2. The SMILES string of the molecule is O=[N+]([O-])c1ccc(-c2cc3ccc4ccccc4n3c2)cc1. The molecule has 2 aromatic heterocycles. The molecule has 106 valence electrons. The van der Waals surface area contributed by atoms with Crippen LogP contribution in [-0.4, -0.2) is 9.32 Å². The van der Waals surface area contributed by atoms with Crippen LogP contribution >= 0.6 is 0 Å². The van der Waals surface area contributed by atoms with E-state index in [0.29, 0.717) is 0 Å². The Bertz CT molecular complexity index is 1000. The predicted octanol–water partition coefficient (Wildman–Crippen LogP) is 4.67. The quantitative estimate of drug-likeness (QED) is 0.397. The first-order chi connectivity index (χ1) is 10.7. The van der Waals surface area contributed by atoms with Crippen molar-refractivity contribution in [3.8, 4) is 11.1 Å². The van der Waals surface area contributed by atoms with Crippen molar-refractivity contribution < 1.29 is 4.92 Å². The van der Waals surface area contributed by atoms with Gasteiger partial charge in [0.25, 0.3) is 5.69 Å². The van der Waals surface area contributed by atoms with E-state index in [1.165, 1.54) is 17.5 Å². The smallest absolute Gasteiger partial charge is 0.269 e. The first-order valence-corrected chi connectivity index (χ1v) is 6.97. The molecule has 4 heteroatoms. The van der Waals surface area contributed by atoms with E-state index in [0.717, 1.165) is 22.2 Å². The fourth-order valence-corrected chi connectivity index (χ4v) is 2.77. The van der Waals surface area contributed by atoms with Crippen molar-refractivity contribution in [2.75, 3.05) is 0 Å². The molecule has 0 unspecified atom stereocenters. The zero-order chi connectivity index (χ0) is 15.1. The summed E-state index contributed by atoms with van der Waals surface area (Å²) in [5.74, 6) is 0. The van der Waals surface area contributed by atoms with Crippen LogP contribution in [0.3, 0.4) is 0 Å². The maximum absolute atomic E-state index is 10.7. The third-order valence-corrected chi connectivity index (χ3v) is 3.89. The number of para-hydroxylation sites is 1. The molecule has 0 bridgehead atoms. The number of nitrogens with zero attached hydrogens (tertiary/aromatic N) is 2. The Morgan fingerprint density at radius 1 is 0.864 bits per heavy atom. The number of rotatable bonds is 2. The van der Waals surface area contributed by atoms with Crippen molar-refractivity contribution in [3.63, 3.8) is 0 Å². The Morgan fingerprint density at radius 3 is 2.41 bits per heavy atom. The van der Waals surface area contributed by atoms with Crippen molar-refractivity contribution in [2.24, 2.45) is 0 Å². The molecule has 4 nitrogen and oxygen atoms in total. The van der Waals surface area contributed by atoms with Gasteiger partial charge in [-0.3, -0.25) is 10.1 Å². The van der Waals surface area contributed by atoms with Crippen LogP contribution in [-0.2, 0) is 0 Å². The highest BCUT2D eigenvalue weighted by atomic mass is 16.6. The highest BCUT2D eigenvalue weighted by molar-refractivity contribution is 5.85. The number of pyridine rings is 1. The van der Waals surface area contributed by atoms with Crippen LogP contribution in [0.5, 0.6) is 0 Å². The fraction of sp³-hybridized carbons (Fsp3) is 0. The third-order valence-electron chi connectivity index (χ3n) is 3.89. The van der Waals surface area contributed by atoms with E-state index in [2.05, 4.69) is 40.9 Å². The van der Waals surface area contributed by atoms with E-state index in [1.807, 2.05) is 12.1 Å². The first-order valence-electron chi connectivity index (χ1n) is 6.97. The van der Waals surface area contributed by atoms with Crippen LogP contribution in [0.1, 0.15) is 0 Å². The second kappa shape index (κ2) is 4.70. The van der Waals surface area contributed by atoms with Gasteiger partial charge in [0.05, 0.1) is 10.4 Å². The van der Waals surface area contributed by atoms with E-state index < -0.39 is 0 Å². The number of nitro groups is 1. The minimum absolute atomic E-state index is 0.109. The van der Waals surface area contributed by atoms with E-state index in [9.17, 15) is 10.1 Å². The monoisotopic (exact) mass is 288 g/mol. The average Bonchev–Trinajstić information content (AvgIpc) is 2.99. The van der Waals surface area contributed by atoms with Crippen molar-refractivity contribution in [3.05, 3.63) is 83.0 Å². The van der Waals surface area contributed by atoms with Gasteiger partial charge in [-0.25, -0.2) is 0 Å². The van der Waals surface area contributed by atoms with Gasteiger partial charge in [-0.1, -0.05) is 24.3 Å². The summed E-state index contributed by atoms with van der Waals surface area (Å²) >= 11 is 0. The molecule has 0 fully saturated rings. The summed E-state index contributed by atoms with van der Waals surface area (Å²) in [6.45, 7) is 0. The number of fused-ring (bicyclic) bond motifs is 3. The molecule has 0 saturated heterocycles. The largest absolute Gasteiger partial charge is 0.316 e. The van der Waals surface area contributed by atoms with Gasteiger partial charge >= 0.3 is 0 Å². The lowest BCUT2D eigenvalue weighted by atomic mass is 10.1. The van der Waals surface area contributed by atoms with Gasteiger partial charge in [-0.05, 0) is 41.3 Å². The molecule has 0 radical (unpaired) electrons. The number of aromatic nitrogens is 1. The van der Waals surface area contributed by atoms with Crippen LogP contribution in [0.4, 0.5) is 5.69 Å². The zero-order valence-corrected chi connectivity index (χ0v) is 11.6. The van der Waals surface area contributed by atoms with Crippen LogP contribution < -0.4 is 0 Å². The molecule has 0 amide bonds. The highest BCUT2D eigenvalue weighted by Gasteiger charge is 2.08. The van der Waals surface area contributed by atoms with Crippen molar-refractivity contribution in [1.29, 1.82) is 0 Å². The molecular weight excluding hydrogens is 276 g/mol. The lowest BCUT2D eigenvalue weighted by molar-refractivity contribution is -0.384. The molecule has 2 aromatic carbocycles. The fourth-order valence-electron chi connectivity index (χ4n) is 2.77. The van der Waals surface area contributed by atoms with Gasteiger partial charge in [0.2, 0.25) is 0 Å². The summed E-state index contributed by atoms with van der Waals surface area (Å²) in [6.07, 6.45) is 2.07. The van der Waals surface area contributed by atoms with Gasteiger partial charge in [0, 0.05) is 29.4 Å². The number of hydrogen-bond donors (Lipinski definition) is 0. The molecule has 2 heterocycles. The molecule has 22 heavy (non-hydrogen) atoms. The standard InChI is InChI=1S/C18H12N2O2/c21-20(22)16-8-5-13(6-9-16)15-11-17-10-7-14-3-1-2-4-18(14)19(17)12-15/h1-12H. The molecule has 0 N–H and O–H groups in total. The number of nitro benzene ring substituents is 1. The van der Waals surface area contributed by atoms with Gasteiger partial charge < -0.3 is 4.40 Å². The molecule has 4 aromatic rings. The van der Waals surface area contributed by atoms with Gasteiger partial charge in [0.1, 0.15) is 0 Å². The molecule has 0 aliphatic carbocycles. The second-order valence-corrected chi connectivity index (χ2v) is 5.22. The summed E-state index contributed by atoms with van der Waals surface area (Å²) in [5, 5.41) is 11.9. The summed E-state index contributed by atoms with van der Waals surface area (Å²) in [6, 6.07) is 21.1. The first kappa shape index (κ1) is 12.6. The minimum atomic E-state index is -0.381. The Kier molecular flexibility index (Phi) is 2.69. The van der Waals surface area contributed by atoms with Crippen molar-refractivity contribution in [2.45, 2.75) is 0 Å². The predicted molar refractivity (Wildman–Crippen MR) is 87.0 cm³/mol. The minimum Gasteiger partial charge on any atom is -0.316 e. The molecule has 4 rings (SSSR count). The zero-order valence-electron chi connectivity index (χ0n) is 11.6. The molecule has 0 saturated carbocycles. The molecule has 0 aliphatic heterocycles. The lowest BCUT2D eigenvalue weighted by Crippen LogP contribution is -1.86. The Hall–Kier alpha value is -3.14. The normalized spacial score (nSPS) is 11.1. The maximum atomic E-state index is 10.7. The van der Waals surface area contributed by atoms with Gasteiger partial charge in [-0.15, -0.1) is 0 Å². The Labute approximate surface area is 126 Å². The summed E-state index contributed by atoms with van der Waals surface area (Å²) in [4.78, 5) is 10.4. The summed E-state index contributed by atoms with van der Waals surface area (Å²) in [5.41, 5.74) is 4.38. The molecule has 0 spiro atoms. The third kappa shape index (κ3) is 1.93. The topological polar surface area (TPSA) is 47.5 Å². The van der Waals surface area contributed by atoms with Crippen LogP contribution in [0, 0.1) is 10.1 Å². The second-order valence-electron chi connectivity index (χ2n) is 5.22. The Balaban J connectivity index is 1.88. The highest BCUT2D eigenvalue weighted by Crippen LogP contribution is 2.27. The van der Waals surface area contributed by atoms with Crippen molar-refractivity contribution in [1.82, 2.24) is 4.40 Å². The van der Waals surface area contributed by atoms with Crippen LogP contribution in [0.15, 0.2) is 72.9 Å². The maximum Gasteiger partial charge on any atom is 0.269 e. The van der Waals surface area contributed by atoms with E-state index in [4.69, 9.17) is 0 Å². The molecule has 0 atom stereocenters. The number of hydrogen-bond acceptors (Lipinski definition) is 2. The van der Waals surface area contributed by atoms with Crippen LogP contribution in [0.25, 0.3) is 27.5 Å². The van der Waals surface area contributed by atoms with Gasteiger partial charge in [-0.2, -0.15) is 0 Å². The Morgan fingerprint density at radius 2 is 1.64 bits per heavy atom. The molecular formula is C18H12N2O2. The van der Waals surface area contributed by atoms with E-state index in [1.54, 1.807) is 12.1 Å². The van der Waals surface area contributed by atoms with Crippen LogP contribution in [0.2, 0.25) is 0 Å². The van der Waals surface area contributed by atoms with E-state index >= 15 is 0 Å². The van der Waals surface area contributed by atoms with E-state index in [-0.39, 0.29) is 10.6 Å². The van der Waals surface area contributed by atoms with Gasteiger partial charge in [0.15, 0.2) is 0 Å². The summed E-state index contributed by atoms with van der Waals surface area (Å²) < 4.78 is 2.14.